The normalized spacial score (nSPS) is 12.1. The zero-order valence-corrected chi connectivity index (χ0v) is 50.8. The van der Waals surface area contributed by atoms with Gasteiger partial charge in [0.25, 0.3) is 0 Å². The molecular weight excluding hydrogens is 925 g/mol. The summed E-state index contributed by atoms with van der Waals surface area (Å²) in [6.07, 6.45) is 77.6. The van der Waals surface area contributed by atoms with E-state index in [0.29, 0.717) is 19.3 Å². The van der Waals surface area contributed by atoms with Crippen LogP contribution in [0.2, 0.25) is 0 Å². The Morgan fingerprint density at radius 2 is 0.440 bits per heavy atom. The smallest absolute Gasteiger partial charge is 0.306 e. The van der Waals surface area contributed by atoms with Gasteiger partial charge >= 0.3 is 17.9 Å². The van der Waals surface area contributed by atoms with Gasteiger partial charge in [-0.05, 0) is 70.6 Å². The average Bonchev–Trinajstić information content (AvgIpc) is 3.41. The first-order valence-electron chi connectivity index (χ1n) is 33.8. The lowest BCUT2D eigenvalue weighted by Crippen LogP contribution is -2.30. The molecule has 0 saturated carbocycles. The van der Waals surface area contributed by atoms with E-state index in [9.17, 15) is 14.4 Å². The summed E-state index contributed by atoms with van der Waals surface area (Å²) in [7, 11) is 0. The van der Waals surface area contributed by atoms with E-state index in [0.717, 1.165) is 57.8 Å². The summed E-state index contributed by atoms with van der Waals surface area (Å²) >= 11 is 0. The van der Waals surface area contributed by atoms with E-state index in [-0.39, 0.29) is 31.1 Å². The fourth-order valence-corrected chi connectivity index (χ4v) is 10.3. The van der Waals surface area contributed by atoms with Crippen LogP contribution in [0.25, 0.3) is 0 Å². The molecule has 442 valence electrons. The molecule has 6 heteroatoms. The molecule has 0 aliphatic rings. The lowest BCUT2D eigenvalue weighted by Gasteiger charge is -2.18. The van der Waals surface area contributed by atoms with Gasteiger partial charge in [0.05, 0.1) is 0 Å². The summed E-state index contributed by atoms with van der Waals surface area (Å²) in [5, 5.41) is 0. The molecule has 75 heavy (non-hydrogen) atoms. The maximum absolute atomic E-state index is 12.9. The maximum Gasteiger partial charge on any atom is 0.306 e. The maximum atomic E-state index is 12.9. The highest BCUT2D eigenvalue weighted by Gasteiger charge is 2.19. The van der Waals surface area contributed by atoms with Crippen molar-refractivity contribution in [1.29, 1.82) is 0 Å². The Morgan fingerprint density at radius 3 is 0.667 bits per heavy atom. The molecule has 0 amide bonds. The Labute approximate surface area is 468 Å². The minimum absolute atomic E-state index is 0.0674. The van der Waals surface area contributed by atoms with Crippen LogP contribution >= 0.6 is 0 Å². The van der Waals surface area contributed by atoms with Gasteiger partial charge in [0.15, 0.2) is 6.10 Å². The summed E-state index contributed by atoms with van der Waals surface area (Å²) in [5.74, 6) is -0.843. The van der Waals surface area contributed by atoms with Gasteiger partial charge in [0, 0.05) is 19.3 Å². The Balaban J connectivity index is 4.25. The van der Waals surface area contributed by atoms with Crippen LogP contribution in [0, 0.1) is 0 Å². The van der Waals surface area contributed by atoms with Crippen molar-refractivity contribution in [3.63, 3.8) is 0 Å². The predicted octanol–water partition coefficient (Wildman–Crippen LogP) is 23.0. The zero-order chi connectivity index (χ0) is 54.3. The minimum Gasteiger partial charge on any atom is -0.462 e. The molecule has 0 aromatic carbocycles. The summed E-state index contributed by atoms with van der Waals surface area (Å²) in [4.78, 5) is 38.4. The molecule has 0 aromatic rings. The first kappa shape index (κ1) is 72.9. The SMILES string of the molecule is CCCCCCCCC/C=C\CCCCCCCCCC(=O)OC(COC(=O)CCCCCCCCCCCCCCCC)COC(=O)CCCCCCCCCCCCCCC/C=C\CCCCCCCCCC. The van der Waals surface area contributed by atoms with Gasteiger partial charge < -0.3 is 14.2 Å². The van der Waals surface area contributed by atoms with E-state index >= 15 is 0 Å². The van der Waals surface area contributed by atoms with Gasteiger partial charge in [-0.15, -0.1) is 0 Å². The molecule has 0 rings (SSSR count). The second-order valence-corrected chi connectivity index (χ2v) is 23.1. The van der Waals surface area contributed by atoms with Gasteiger partial charge in [-0.3, -0.25) is 14.4 Å². The van der Waals surface area contributed by atoms with Crippen molar-refractivity contribution in [3.05, 3.63) is 24.3 Å². The van der Waals surface area contributed by atoms with E-state index in [2.05, 4.69) is 45.1 Å². The Morgan fingerprint density at radius 1 is 0.253 bits per heavy atom. The number of ether oxygens (including phenoxy) is 3. The molecule has 6 nitrogen and oxygen atoms in total. The summed E-state index contributed by atoms with van der Waals surface area (Å²) in [6.45, 7) is 6.71. The van der Waals surface area contributed by atoms with E-state index in [1.807, 2.05) is 0 Å². The number of carbonyl (C=O) groups excluding carboxylic acids is 3. The van der Waals surface area contributed by atoms with Crippen LogP contribution in [0.15, 0.2) is 24.3 Å². The average molecular weight is 1060 g/mol. The van der Waals surface area contributed by atoms with Gasteiger partial charge in [-0.2, -0.15) is 0 Å². The zero-order valence-electron chi connectivity index (χ0n) is 50.8. The van der Waals surface area contributed by atoms with Crippen molar-refractivity contribution in [1.82, 2.24) is 0 Å². The molecule has 0 fully saturated rings. The number of hydrogen-bond donors (Lipinski definition) is 0. The van der Waals surface area contributed by atoms with Gasteiger partial charge in [-0.1, -0.05) is 315 Å². The van der Waals surface area contributed by atoms with Gasteiger partial charge in [0.2, 0.25) is 0 Å². The first-order valence-corrected chi connectivity index (χ1v) is 33.8. The van der Waals surface area contributed by atoms with Crippen molar-refractivity contribution in [3.8, 4) is 0 Å². The van der Waals surface area contributed by atoms with E-state index in [4.69, 9.17) is 14.2 Å². The Kier molecular flexibility index (Phi) is 62.6. The highest BCUT2D eigenvalue weighted by atomic mass is 16.6. The highest BCUT2D eigenvalue weighted by molar-refractivity contribution is 5.71. The number of unbranched alkanes of at least 4 members (excludes halogenated alkanes) is 48. The first-order chi connectivity index (χ1) is 37.0. The molecule has 0 bridgehead atoms. The largest absolute Gasteiger partial charge is 0.462 e. The summed E-state index contributed by atoms with van der Waals surface area (Å²) < 4.78 is 17.0. The highest BCUT2D eigenvalue weighted by Crippen LogP contribution is 2.18. The van der Waals surface area contributed by atoms with Crippen LogP contribution in [-0.4, -0.2) is 37.2 Å². The van der Waals surface area contributed by atoms with Crippen molar-refractivity contribution < 1.29 is 28.6 Å². The minimum atomic E-state index is -0.771. The molecule has 0 spiro atoms. The van der Waals surface area contributed by atoms with Crippen LogP contribution in [0.1, 0.15) is 380 Å². The fourth-order valence-electron chi connectivity index (χ4n) is 10.3. The molecule has 0 aliphatic carbocycles. The van der Waals surface area contributed by atoms with E-state index in [1.54, 1.807) is 0 Å². The summed E-state index contributed by atoms with van der Waals surface area (Å²) in [6, 6.07) is 0. The monoisotopic (exact) mass is 1050 g/mol. The number of allylic oxidation sites excluding steroid dienone is 4. The molecular formula is C69H130O6. The third-order valence-corrected chi connectivity index (χ3v) is 15.4. The Bertz CT molecular complexity index is 1210. The van der Waals surface area contributed by atoms with Crippen LogP contribution in [0.3, 0.4) is 0 Å². The molecule has 1 atom stereocenters. The molecule has 0 aliphatic heterocycles. The van der Waals surface area contributed by atoms with Crippen LogP contribution in [0.5, 0.6) is 0 Å². The number of rotatable bonds is 63. The molecule has 0 N–H and O–H groups in total. The van der Waals surface area contributed by atoms with Crippen LogP contribution in [-0.2, 0) is 28.6 Å². The van der Waals surface area contributed by atoms with Crippen molar-refractivity contribution in [2.75, 3.05) is 13.2 Å². The molecule has 0 radical (unpaired) electrons. The van der Waals surface area contributed by atoms with Crippen molar-refractivity contribution in [2.24, 2.45) is 0 Å². The second kappa shape index (κ2) is 64.4. The van der Waals surface area contributed by atoms with Crippen LogP contribution < -0.4 is 0 Å². The topological polar surface area (TPSA) is 78.9 Å². The number of carbonyl (C=O) groups is 3. The van der Waals surface area contributed by atoms with Crippen molar-refractivity contribution >= 4 is 17.9 Å². The number of hydrogen-bond acceptors (Lipinski definition) is 6. The van der Waals surface area contributed by atoms with Gasteiger partial charge in [-0.25, -0.2) is 0 Å². The third-order valence-electron chi connectivity index (χ3n) is 15.4. The predicted molar refractivity (Wildman–Crippen MR) is 326 cm³/mol. The lowest BCUT2D eigenvalue weighted by atomic mass is 10.0. The van der Waals surface area contributed by atoms with Crippen LogP contribution in [0.4, 0.5) is 0 Å². The third kappa shape index (κ3) is 62.6. The summed E-state index contributed by atoms with van der Waals surface area (Å²) in [5.41, 5.74) is 0. The second-order valence-electron chi connectivity index (χ2n) is 23.1. The quantitative estimate of drug-likeness (QED) is 0.0261. The van der Waals surface area contributed by atoms with E-state index < -0.39 is 6.10 Å². The standard InChI is InChI=1S/C69H130O6/c1-4-7-10-13-16-19-22-25-28-30-32-33-34-35-36-37-38-40-41-44-47-50-53-56-59-62-68(71)74-65-66(64-73-67(70)61-58-55-52-49-46-43-27-24-21-18-15-12-9-6-3)75-69(72)63-60-57-54-51-48-45-42-39-31-29-26-23-20-17-14-11-8-5-2/h29-32,66H,4-28,33-65H2,1-3H3/b31-29-,32-30-. The molecule has 0 heterocycles. The van der Waals surface area contributed by atoms with Crippen molar-refractivity contribution in [2.45, 2.75) is 386 Å². The Hall–Kier alpha value is -2.11. The molecule has 0 saturated heterocycles. The molecule has 1 unspecified atom stereocenters. The lowest BCUT2D eigenvalue weighted by molar-refractivity contribution is -0.167. The molecule has 0 aromatic heterocycles. The fraction of sp³-hybridized carbons (Fsp3) is 0.899. The van der Waals surface area contributed by atoms with E-state index in [1.165, 1.54) is 283 Å². The number of esters is 3. The van der Waals surface area contributed by atoms with Gasteiger partial charge in [0.1, 0.15) is 13.2 Å².